The zero-order valence-corrected chi connectivity index (χ0v) is 12.7. The maximum Gasteiger partial charge on any atom is 0.127 e. The summed E-state index contributed by atoms with van der Waals surface area (Å²) in [5.74, 6) is -0.301. The average molecular weight is 301 g/mol. The SMILES string of the molecule is CC(C)N1CCOC(C(N)Cc2ccc(Cl)cc2F)C1. The molecule has 0 aliphatic carbocycles. The molecule has 2 rings (SSSR count). The summed E-state index contributed by atoms with van der Waals surface area (Å²) < 4.78 is 19.5. The van der Waals surface area contributed by atoms with Gasteiger partial charge in [-0.3, -0.25) is 4.90 Å². The van der Waals surface area contributed by atoms with Crippen molar-refractivity contribution in [2.45, 2.75) is 38.5 Å². The zero-order valence-electron chi connectivity index (χ0n) is 12.0. The zero-order chi connectivity index (χ0) is 14.7. The van der Waals surface area contributed by atoms with Crippen molar-refractivity contribution in [3.05, 3.63) is 34.6 Å². The first-order chi connectivity index (χ1) is 9.47. The molecule has 1 saturated heterocycles. The van der Waals surface area contributed by atoms with Crippen molar-refractivity contribution in [1.29, 1.82) is 0 Å². The van der Waals surface area contributed by atoms with Crippen LogP contribution in [0, 0.1) is 5.82 Å². The van der Waals surface area contributed by atoms with Crippen molar-refractivity contribution >= 4 is 11.6 Å². The van der Waals surface area contributed by atoms with Gasteiger partial charge >= 0.3 is 0 Å². The lowest BCUT2D eigenvalue weighted by molar-refractivity contribution is -0.0496. The molecule has 1 aliphatic heterocycles. The Kier molecular flexibility index (Phi) is 5.38. The Labute approximate surface area is 124 Å². The van der Waals surface area contributed by atoms with E-state index in [1.54, 1.807) is 12.1 Å². The van der Waals surface area contributed by atoms with E-state index < -0.39 is 0 Å². The van der Waals surface area contributed by atoms with Gasteiger partial charge in [0.15, 0.2) is 0 Å². The Morgan fingerprint density at radius 2 is 2.25 bits per heavy atom. The van der Waals surface area contributed by atoms with Crippen LogP contribution in [0.15, 0.2) is 18.2 Å². The first kappa shape index (κ1) is 15.7. The minimum atomic E-state index is -0.301. The molecule has 0 saturated carbocycles. The van der Waals surface area contributed by atoms with Gasteiger partial charge in [-0.15, -0.1) is 0 Å². The standard InChI is InChI=1S/C15H22ClFN2O/c1-10(2)19-5-6-20-15(9-19)14(18)7-11-3-4-12(16)8-13(11)17/h3-4,8,10,14-15H,5-7,9,18H2,1-2H3. The van der Waals surface area contributed by atoms with Gasteiger partial charge in [-0.25, -0.2) is 4.39 Å². The van der Waals surface area contributed by atoms with Crippen LogP contribution in [0.25, 0.3) is 0 Å². The molecule has 3 nitrogen and oxygen atoms in total. The second-order valence-corrected chi connectivity index (χ2v) is 6.04. The van der Waals surface area contributed by atoms with Gasteiger partial charge in [0.1, 0.15) is 5.82 Å². The van der Waals surface area contributed by atoms with Crippen LogP contribution in [0.3, 0.4) is 0 Å². The summed E-state index contributed by atoms with van der Waals surface area (Å²) in [4.78, 5) is 2.34. The fraction of sp³-hybridized carbons (Fsp3) is 0.600. The van der Waals surface area contributed by atoms with Gasteiger partial charge in [-0.1, -0.05) is 17.7 Å². The molecule has 2 unspecified atom stereocenters. The molecule has 1 aromatic carbocycles. The fourth-order valence-corrected chi connectivity index (χ4v) is 2.66. The fourth-order valence-electron chi connectivity index (χ4n) is 2.50. The molecule has 1 fully saturated rings. The smallest absolute Gasteiger partial charge is 0.127 e. The second kappa shape index (κ2) is 6.85. The van der Waals surface area contributed by atoms with Crippen LogP contribution in [0.4, 0.5) is 4.39 Å². The van der Waals surface area contributed by atoms with Crippen molar-refractivity contribution in [1.82, 2.24) is 4.90 Å². The maximum atomic E-state index is 13.8. The number of morpholine rings is 1. The summed E-state index contributed by atoms with van der Waals surface area (Å²) in [5, 5.41) is 0.403. The average Bonchev–Trinajstić information content (AvgIpc) is 2.42. The number of benzene rings is 1. The summed E-state index contributed by atoms with van der Waals surface area (Å²) >= 11 is 5.75. The molecule has 0 bridgehead atoms. The van der Waals surface area contributed by atoms with Gasteiger partial charge < -0.3 is 10.5 Å². The van der Waals surface area contributed by atoms with Gasteiger partial charge in [-0.05, 0) is 38.0 Å². The minimum Gasteiger partial charge on any atom is -0.374 e. The third kappa shape index (κ3) is 3.92. The Bertz CT molecular complexity index is 455. The number of ether oxygens (including phenoxy) is 1. The van der Waals surface area contributed by atoms with Crippen LogP contribution < -0.4 is 5.73 Å². The van der Waals surface area contributed by atoms with E-state index in [2.05, 4.69) is 18.7 Å². The summed E-state index contributed by atoms with van der Waals surface area (Å²) in [7, 11) is 0. The summed E-state index contributed by atoms with van der Waals surface area (Å²) in [6.45, 7) is 6.73. The number of halogens is 2. The van der Waals surface area contributed by atoms with Gasteiger partial charge in [0.2, 0.25) is 0 Å². The van der Waals surface area contributed by atoms with E-state index in [1.807, 2.05) is 0 Å². The summed E-state index contributed by atoms with van der Waals surface area (Å²) in [6.07, 6.45) is 0.404. The van der Waals surface area contributed by atoms with Crippen molar-refractivity contribution in [2.75, 3.05) is 19.7 Å². The molecule has 2 N–H and O–H groups in total. The number of nitrogens with two attached hydrogens (primary N) is 1. The molecule has 5 heteroatoms. The van der Waals surface area contributed by atoms with E-state index in [0.29, 0.717) is 29.7 Å². The third-order valence-corrected chi connectivity index (χ3v) is 4.04. The lowest BCUT2D eigenvalue weighted by Crippen LogP contribution is -2.53. The number of nitrogens with zero attached hydrogens (tertiary/aromatic N) is 1. The highest BCUT2D eigenvalue weighted by Gasteiger charge is 2.27. The van der Waals surface area contributed by atoms with Crippen LogP contribution in [0.1, 0.15) is 19.4 Å². The van der Waals surface area contributed by atoms with E-state index in [1.165, 1.54) is 6.07 Å². The predicted octanol–water partition coefficient (Wildman–Crippen LogP) is 2.46. The van der Waals surface area contributed by atoms with Crippen molar-refractivity contribution < 1.29 is 9.13 Å². The topological polar surface area (TPSA) is 38.5 Å². The molecule has 20 heavy (non-hydrogen) atoms. The first-order valence-electron chi connectivity index (χ1n) is 7.02. The molecule has 0 amide bonds. The number of hydrogen-bond donors (Lipinski definition) is 1. The van der Waals surface area contributed by atoms with Gasteiger partial charge in [0, 0.05) is 30.2 Å². The van der Waals surface area contributed by atoms with Crippen LogP contribution in [-0.4, -0.2) is 42.8 Å². The lowest BCUT2D eigenvalue weighted by Gasteiger charge is -2.38. The Morgan fingerprint density at radius 3 is 2.90 bits per heavy atom. The monoisotopic (exact) mass is 300 g/mol. The van der Waals surface area contributed by atoms with Crippen LogP contribution >= 0.6 is 11.6 Å². The van der Waals surface area contributed by atoms with Crippen LogP contribution in [0.5, 0.6) is 0 Å². The normalized spacial score (nSPS) is 22.2. The molecule has 112 valence electrons. The maximum absolute atomic E-state index is 13.8. The highest BCUT2D eigenvalue weighted by molar-refractivity contribution is 6.30. The van der Waals surface area contributed by atoms with Crippen LogP contribution in [0.2, 0.25) is 5.02 Å². The summed E-state index contributed by atoms with van der Waals surface area (Å²) in [6, 6.07) is 4.97. The predicted molar refractivity (Wildman–Crippen MR) is 79.5 cm³/mol. The molecule has 1 heterocycles. The van der Waals surface area contributed by atoms with Crippen molar-refractivity contribution in [3.8, 4) is 0 Å². The van der Waals surface area contributed by atoms with E-state index in [-0.39, 0.29) is 18.0 Å². The quantitative estimate of drug-likeness (QED) is 0.928. The van der Waals surface area contributed by atoms with E-state index >= 15 is 0 Å². The molecule has 1 aliphatic rings. The van der Waals surface area contributed by atoms with Gasteiger partial charge in [0.25, 0.3) is 0 Å². The second-order valence-electron chi connectivity index (χ2n) is 5.60. The molecular formula is C15H22ClFN2O. The number of rotatable bonds is 4. The van der Waals surface area contributed by atoms with E-state index in [0.717, 1.165) is 13.1 Å². The van der Waals surface area contributed by atoms with Crippen molar-refractivity contribution in [2.24, 2.45) is 5.73 Å². The first-order valence-corrected chi connectivity index (χ1v) is 7.40. The highest BCUT2D eigenvalue weighted by atomic mass is 35.5. The molecule has 0 radical (unpaired) electrons. The van der Waals surface area contributed by atoms with E-state index in [4.69, 9.17) is 22.1 Å². The Hall–Kier alpha value is -0.680. The van der Waals surface area contributed by atoms with Gasteiger partial charge in [-0.2, -0.15) is 0 Å². The molecule has 0 aromatic heterocycles. The third-order valence-electron chi connectivity index (χ3n) is 3.80. The Balaban J connectivity index is 1.98. The molecule has 2 atom stereocenters. The lowest BCUT2D eigenvalue weighted by atomic mass is 10.00. The molecule has 1 aromatic rings. The molecular weight excluding hydrogens is 279 g/mol. The Morgan fingerprint density at radius 1 is 1.50 bits per heavy atom. The van der Waals surface area contributed by atoms with Crippen LogP contribution in [-0.2, 0) is 11.2 Å². The van der Waals surface area contributed by atoms with Gasteiger partial charge in [0.05, 0.1) is 12.7 Å². The largest absolute Gasteiger partial charge is 0.374 e. The summed E-state index contributed by atoms with van der Waals surface area (Å²) in [5.41, 5.74) is 6.79. The highest BCUT2D eigenvalue weighted by Crippen LogP contribution is 2.18. The number of hydrogen-bond acceptors (Lipinski definition) is 3. The van der Waals surface area contributed by atoms with Crippen molar-refractivity contribution in [3.63, 3.8) is 0 Å². The minimum absolute atomic E-state index is 0.0544. The van der Waals surface area contributed by atoms with E-state index in [9.17, 15) is 4.39 Å². The molecule has 0 spiro atoms.